The molecular formula is C18H20N4OS. The highest BCUT2D eigenvalue weighted by Crippen LogP contribution is 2.24. The van der Waals surface area contributed by atoms with E-state index < -0.39 is 0 Å². The molecule has 0 saturated heterocycles. The Morgan fingerprint density at radius 1 is 1.33 bits per heavy atom. The molecule has 24 heavy (non-hydrogen) atoms. The molecule has 3 heterocycles. The Balaban J connectivity index is 1.72. The first-order chi connectivity index (χ1) is 11.7. The largest absolute Gasteiger partial charge is 0.339 e. The lowest BCUT2D eigenvalue weighted by molar-refractivity contribution is 0.101. The summed E-state index contributed by atoms with van der Waals surface area (Å²) in [7, 11) is 0. The average molecular weight is 340 g/mol. The van der Waals surface area contributed by atoms with Gasteiger partial charge in [0.1, 0.15) is 5.69 Å². The van der Waals surface area contributed by atoms with E-state index in [1.54, 1.807) is 12.4 Å². The summed E-state index contributed by atoms with van der Waals surface area (Å²) in [6.45, 7) is 4.91. The van der Waals surface area contributed by atoms with E-state index in [9.17, 15) is 4.79 Å². The summed E-state index contributed by atoms with van der Waals surface area (Å²) in [5, 5.41) is 5.56. The number of hydrogen-bond donors (Lipinski definition) is 1. The first kappa shape index (κ1) is 16.4. The second-order valence-corrected chi connectivity index (χ2v) is 6.58. The van der Waals surface area contributed by atoms with E-state index in [1.807, 2.05) is 40.4 Å². The van der Waals surface area contributed by atoms with Crippen molar-refractivity contribution in [2.24, 2.45) is 0 Å². The molecule has 0 spiro atoms. The molecule has 1 unspecified atom stereocenters. The molecule has 1 atom stereocenters. The zero-order valence-corrected chi connectivity index (χ0v) is 14.6. The van der Waals surface area contributed by atoms with Gasteiger partial charge in [-0.2, -0.15) is 0 Å². The SMILES string of the molecule is CCC(C)c1csc(NC(=O)c2cccn2Cc2ccncc2)n1. The van der Waals surface area contributed by atoms with Gasteiger partial charge < -0.3 is 4.57 Å². The molecule has 0 aromatic carbocycles. The number of carbonyl (C=O) groups excluding carboxylic acids is 1. The molecule has 0 bridgehead atoms. The number of hydrogen-bond acceptors (Lipinski definition) is 4. The number of rotatable bonds is 6. The maximum atomic E-state index is 12.6. The lowest BCUT2D eigenvalue weighted by atomic mass is 10.1. The second-order valence-electron chi connectivity index (χ2n) is 5.72. The molecule has 0 aliphatic carbocycles. The van der Waals surface area contributed by atoms with Gasteiger partial charge in [0.15, 0.2) is 5.13 Å². The molecule has 3 aromatic heterocycles. The maximum Gasteiger partial charge on any atom is 0.274 e. The fourth-order valence-electron chi connectivity index (χ4n) is 2.38. The van der Waals surface area contributed by atoms with Gasteiger partial charge in [-0.1, -0.05) is 13.8 Å². The molecule has 0 saturated carbocycles. The van der Waals surface area contributed by atoms with E-state index in [0.717, 1.165) is 17.7 Å². The van der Waals surface area contributed by atoms with Gasteiger partial charge >= 0.3 is 0 Å². The molecule has 3 aromatic rings. The normalized spacial score (nSPS) is 12.1. The number of pyridine rings is 1. The molecule has 1 N–H and O–H groups in total. The molecule has 0 fully saturated rings. The smallest absolute Gasteiger partial charge is 0.274 e. The van der Waals surface area contributed by atoms with Crippen LogP contribution in [0.2, 0.25) is 0 Å². The van der Waals surface area contributed by atoms with Crippen LogP contribution >= 0.6 is 11.3 Å². The highest BCUT2D eigenvalue weighted by Gasteiger charge is 2.14. The number of nitrogens with one attached hydrogen (secondary N) is 1. The fraction of sp³-hybridized carbons (Fsp3) is 0.278. The van der Waals surface area contributed by atoms with Crippen LogP contribution in [0.1, 0.15) is 47.9 Å². The van der Waals surface area contributed by atoms with Crippen molar-refractivity contribution in [3.63, 3.8) is 0 Å². The summed E-state index contributed by atoms with van der Waals surface area (Å²) < 4.78 is 1.92. The van der Waals surface area contributed by atoms with Crippen molar-refractivity contribution < 1.29 is 4.79 Å². The Morgan fingerprint density at radius 3 is 2.88 bits per heavy atom. The van der Waals surface area contributed by atoms with E-state index >= 15 is 0 Å². The van der Waals surface area contributed by atoms with Crippen LogP contribution in [-0.2, 0) is 6.54 Å². The van der Waals surface area contributed by atoms with E-state index in [4.69, 9.17) is 0 Å². The molecule has 0 aliphatic heterocycles. The lowest BCUT2D eigenvalue weighted by Gasteiger charge is -2.09. The number of amides is 1. The molecule has 124 valence electrons. The van der Waals surface area contributed by atoms with Crippen molar-refractivity contribution in [3.05, 3.63) is 65.2 Å². The molecule has 6 heteroatoms. The predicted octanol–water partition coefficient (Wildman–Crippen LogP) is 4.15. The summed E-state index contributed by atoms with van der Waals surface area (Å²) in [6.07, 6.45) is 6.45. The molecule has 3 rings (SSSR count). The van der Waals surface area contributed by atoms with Crippen LogP contribution in [0.25, 0.3) is 0 Å². The van der Waals surface area contributed by atoms with Crippen molar-refractivity contribution in [1.82, 2.24) is 14.5 Å². The van der Waals surface area contributed by atoms with Crippen LogP contribution < -0.4 is 5.32 Å². The van der Waals surface area contributed by atoms with Crippen LogP contribution in [-0.4, -0.2) is 20.4 Å². The fourth-order valence-corrected chi connectivity index (χ4v) is 3.21. The van der Waals surface area contributed by atoms with Crippen LogP contribution in [0.4, 0.5) is 5.13 Å². The third-order valence-electron chi connectivity index (χ3n) is 4.02. The van der Waals surface area contributed by atoms with E-state index in [0.29, 0.717) is 23.3 Å². The number of aromatic nitrogens is 3. The van der Waals surface area contributed by atoms with Gasteiger partial charge in [-0.25, -0.2) is 4.98 Å². The molecule has 5 nitrogen and oxygen atoms in total. The number of thiazole rings is 1. The number of anilines is 1. The van der Waals surface area contributed by atoms with Gasteiger partial charge in [0, 0.05) is 30.5 Å². The Hall–Kier alpha value is -2.47. The van der Waals surface area contributed by atoms with Gasteiger partial charge in [-0.3, -0.25) is 15.1 Å². The summed E-state index contributed by atoms with van der Waals surface area (Å²) in [4.78, 5) is 21.1. The van der Waals surface area contributed by atoms with Crippen molar-refractivity contribution in [3.8, 4) is 0 Å². The second kappa shape index (κ2) is 7.40. The summed E-state index contributed by atoms with van der Waals surface area (Å²) in [5.74, 6) is 0.265. The minimum absolute atomic E-state index is 0.140. The molecule has 0 radical (unpaired) electrons. The van der Waals surface area contributed by atoms with Gasteiger partial charge in [0.05, 0.1) is 5.69 Å². The zero-order chi connectivity index (χ0) is 16.9. The van der Waals surface area contributed by atoms with Crippen molar-refractivity contribution >= 4 is 22.4 Å². The lowest BCUT2D eigenvalue weighted by Crippen LogP contribution is -2.17. The van der Waals surface area contributed by atoms with Crippen LogP contribution in [0.5, 0.6) is 0 Å². The van der Waals surface area contributed by atoms with E-state index in [-0.39, 0.29) is 5.91 Å². The predicted molar refractivity (Wildman–Crippen MR) is 96.5 cm³/mol. The molecule has 0 aliphatic rings. The Morgan fingerprint density at radius 2 is 2.12 bits per heavy atom. The van der Waals surface area contributed by atoms with Gasteiger partial charge in [-0.15, -0.1) is 11.3 Å². The Kier molecular flexibility index (Phi) is 5.05. The van der Waals surface area contributed by atoms with E-state index in [1.165, 1.54) is 11.3 Å². The van der Waals surface area contributed by atoms with Crippen LogP contribution in [0, 0.1) is 0 Å². The highest BCUT2D eigenvalue weighted by atomic mass is 32.1. The van der Waals surface area contributed by atoms with Gasteiger partial charge in [-0.05, 0) is 42.2 Å². The van der Waals surface area contributed by atoms with Gasteiger partial charge in [0.25, 0.3) is 5.91 Å². The van der Waals surface area contributed by atoms with Crippen molar-refractivity contribution in [2.75, 3.05) is 5.32 Å². The molecular weight excluding hydrogens is 320 g/mol. The first-order valence-corrected chi connectivity index (χ1v) is 8.86. The Labute approximate surface area is 145 Å². The van der Waals surface area contributed by atoms with Crippen molar-refractivity contribution in [2.45, 2.75) is 32.7 Å². The summed E-state index contributed by atoms with van der Waals surface area (Å²) in [6, 6.07) is 7.59. The minimum atomic E-state index is -0.140. The standard InChI is InChI=1S/C18H20N4OS/c1-3-13(2)15-12-24-18(20-15)21-17(23)16-5-4-10-22(16)11-14-6-8-19-9-7-14/h4-10,12-13H,3,11H2,1-2H3,(H,20,21,23). The first-order valence-electron chi connectivity index (χ1n) is 7.98. The topological polar surface area (TPSA) is 59.8 Å². The van der Waals surface area contributed by atoms with Crippen LogP contribution in [0.15, 0.2) is 48.2 Å². The summed E-state index contributed by atoms with van der Waals surface area (Å²) >= 11 is 1.47. The zero-order valence-electron chi connectivity index (χ0n) is 13.8. The third kappa shape index (κ3) is 3.71. The molecule has 1 amide bonds. The number of carbonyl (C=O) groups is 1. The maximum absolute atomic E-state index is 12.6. The van der Waals surface area contributed by atoms with E-state index in [2.05, 4.69) is 29.1 Å². The third-order valence-corrected chi connectivity index (χ3v) is 4.80. The highest BCUT2D eigenvalue weighted by molar-refractivity contribution is 7.14. The number of nitrogens with zero attached hydrogens (tertiary/aromatic N) is 3. The van der Waals surface area contributed by atoms with Crippen molar-refractivity contribution in [1.29, 1.82) is 0 Å². The van der Waals surface area contributed by atoms with Gasteiger partial charge in [0.2, 0.25) is 0 Å². The Bertz CT molecular complexity index is 809. The monoisotopic (exact) mass is 340 g/mol. The summed E-state index contributed by atoms with van der Waals surface area (Å²) in [5.41, 5.74) is 2.75. The average Bonchev–Trinajstić information content (AvgIpc) is 3.24. The quantitative estimate of drug-likeness (QED) is 0.733. The minimum Gasteiger partial charge on any atom is -0.339 e. The van der Waals surface area contributed by atoms with Crippen LogP contribution in [0.3, 0.4) is 0 Å².